The van der Waals surface area contributed by atoms with E-state index in [1.807, 2.05) is 54.6 Å². The zero-order chi connectivity index (χ0) is 39.1. The molecule has 284 valence electrons. The van der Waals surface area contributed by atoms with Gasteiger partial charge in [0.1, 0.15) is 39.3 Å². The second-order valence-electron chi connectivity index (χ2n) is 14.1. The van der Waals surface area contributed by atoms with E-state index in [2.05, 4.69) is 65.5 Å². The van der Waals surface area contributed by atoms with Gasteiger partial charge in [0.2, 0.25) is 0 Å². The molecular formula is C45H40N8O4. The van der Waals surface area contributed by atoms with Crippen molar-refractivity contribution in [1.82, 2.24) is 40.0 Å². The van der Waals surface area contributed by atoms with E-state index < -0.39 is 5.41 Å². The molecule has 0 saturated carbocycles. The number of aromatic nitrogens is 8. The predicted octanol–water partition coefficient (Wildman–Crippen LogP) is 8.13. The first-order valence-electron chi connectivity index (χ1n) is 18.6. The number of rotatable bonds is 10. The molecule has 4 heterocycles. The molecule has 0 spiro atoms. The summed E-state index contributed by atoms with van der Waals surface area (Å²) in [6.07, 6.45) is 20.3. The van der Waals surface area contributed by atoms with Gasteiger partial charge < -0.3 is 18.9 Å². The number of hydrogen-bond acceptors (Lipinski definition) is 10. The van der Waals surface area contributed by atoms with Gasteiger partial charge in [-0.05, 0) is 78.6 Å². The molecule has 3 aromatic carbocycles. The standard InChI is InChI=1S/C45H40N8O4/c1-45(21-16-33(55-3)27-40(45)57-5)38-15-14-35(42-44(38)51-53(49-42)31-19-24-47-25-20-31)29-8-6-28(7-9-29)34-12-13-37(36-11-10-32(54-2)26-39(36)56-4)43-41(34)48-52(50-43)30-17-22-46-23-18-30/h6-8,10-27,29,40H,9H2,1-5H3. The number of pyridine rings is 2. The monoisotopic (exact) mass is 756 g/mol. The van der Waals surface area contributed by atoms with E-state index >= 15 is 0 Å². The number of hydrogen-bond donors (Lipinski definition) is 0. The largest absolute Gasteiger partial charge is 0.497 e. The number of benzene rings is 3. The van der Waals surface area contributed by atoms with E-state index in [1.165, 1.54) is 0 Å². The minimum Gasteiger partial charge on any atom is -0.497 e. The average Bonchev–Trinajstić information content (AvgIpc) is 3.93. The summed E-state index contributed by atoms with van der Waals surface area (Å²) in [5.41, 5.74) is 10.2. The van der Waals surface area contributed by atoms with Crippen LogP contribution in [0.2, 0.25) is 0 Å². The van der Waals surface area contributed by atoms with Gasteiger partial charge in [0.15, 0.2) is 0 Å². The number of allylic oxidation sites excluding steroid dienone is 5. The number of nitrogens with zero attached hydrogens (tertiary/aromatic N) is 8. The van der Waals surface area contributed by atoms with Crippen molar-refractivity contribution in [3.05, 3.63) is 150 Å². The quantitative estimate of drug-likeness (QED) is 0.135. The summed E-state index contributed by atoms with van der Waals surface area (Å²) >= 11 is 0. The van der Waals surface area contributed by atoms with Crippen LogP contribution in [0.15, 0.2) is 134 Å². The molecule has 0 bridgehead atoms. The molecule has 4 aromatic heterocycles. The van der Waals surface area contributed by atoms with Crippen molar-refractivity contribution in [3.8, 4) is 34.0 Å². The summed E-state index contributed by atoms with van der Waals surface area (Å²) in [5, 5.41) is 20.3. The van der Waals surface area contributed by atoms with Gasteiger partial charge in [-0.3, -0.25) is 9.97 Å². The molecule has 3 unspecified atom stereocenters. The zero-order valence-corrected chi connectivity index (χ0v) is 32.2. The van der Waals surface area contributed by atoms with Gasteiger partial charge in [-0.2, -0.15) is 9.59 Å². The fraction of sp³-hybridized carbons (Fsp3) is 0.200. The molecule has 0 radical (unpaired) electrons. The van der Waals surface area contributed by atoms with Gasteiger partial charge in [-0.15, -0.1) is 20.4 Å². The van der Waals surface area contributed by atoms with E-state index in [-0.39, 0.29) is 12.0 Å². The van der Waals surface area contributed by atoms with Crippen LogP contribution in [-0.4, -0.2) is 74.5 Å². The minimum atomic E-state index is -0.525. The fourth-order valence-corrected chi connectivity index (χ4v) is 7.87. The molecule has 12 nitrogen and oxygen atoms in total. The normalized spacial score (nSPS) is 19.1. The number of methoxy groups -OCH3 is 4. The maximum absolute atomic E-state index is 6.03. The highest BCUT2D eigenvalue weighted by molar-refractivity contribution is 6.01. The first kappa shape index (κ1) is 35.8. The maximum atomic E-state index is 6.03. The third-order valence-corrected chi connectivity index (χ3v) is 11.0. The highest BCUT2D eigenvalue weighted by Crippen LogP contribution is 2.43. The van der Waals surface area contributed by atoms with Crippen LogP contribution in [0.4, 0.5) is 0 Å². The molecule has 7 aromatic rings. The molecular weight excluding hydrogens is 717 g/mol. The molecule has 0 N–H and O–H groups in total. The molecule has 12 heteroatoms. The molecule has 0 amide bonds. The number of fused-ring (bicyclic) bond motifs is 2. The van der Waals surface area contributed by atoms with Gasteiger partial charge in [0, 0.05) is 66.0 Å². The lowest BCUT2D eigenvalue weighted by Crippen LogP contribution is -2.37. The Morgan fingerprint density at radius 1 is 0.649 bits per heavy atom. The van der Waals surface area contributed by atoms with Crippen molar-refractivity contribution >= 4 is 27.6 Å². The van der Waals surface area contributed by atoms with Crippen LogP contribution in [0.25, 0.3) is 50.1 Å². The molecule has 2 aliphatic carbocycles. The Bertz CT molecular complexity index is 2750. The van der Waals surface area contributed by atoms with E-state index in [9.17, 15) is 0 Å². The summed E-state index contributed by atoms with van der Waals surface area (Å²) in [4.78, 5) is 11.8. The van der Waals surface area contributed by atoms with E-state index in [0.29, 0.717) is 11.5 Å². The van der Waals surface area contributed by atoms with Crippen LogP contribution in [0.3, 0.4) is 0 Å². The van der Waals surface area contributed by atoms with Crippen LogP contribution < -0.4 is 9.47 Å². The highest BCUT2D eigenvalue weighted by Gasteiger charge is 2.38. The second kappa shape index (κ2) is 14.6. The first-order chi connectivity index (χ1) is 27.9. The summed E-state index contributed by atoms with van der Waals surface area (Å²) in [5.74, 6) is 2.20. The summed E-state index contributed by atoms with van der Waals surface area (Å²) in [6, 6.07) is 22.0. The molecule has 0 aliphatic heterocycles. The van der Waals surface area contributed by atoms with Crippen LogP contribution in [0, 0.1) is 0 Å². The van der Waals surface area contributed by atoms with E-state index in [4.69, 9.17) is 39.3 Å². The Morgan fingerprint density at radius 2 is 1.30 bits per heavy atom. The molecule has 3 atom stereocenters. The lowest BCUT2D eigenvalue weighted by atomic mass is 9.73. The third-order valence-electron chi connectivity index (χ3n) is 11.0. The number of ether oxygens (including phenoxy) is 4. The Kier molecular flexibility index (Phi) is 9.18. The van der Waals surface area contributed by atoms with E-state index in [0.717, 1.165) is 79.0 Å². The molecule has 57 heavy (non-hydrogen) atoms. The summed E-state index contributed by atoms with van der Waals surface area (Å²) in [7, 11) is 6.69. The molecule has 0 saturated heterocycles. The van der Waals surface area contributed by atoms with Crippen molar-refractivity contribution in [2.75, 3.05) is 28.4 Å². The molecule has 0 fully saturated rings. The van der Waals surface area contributed by atoms with Gasteiger partial charge in [-0.25, -0.2) is 0 Å². The van der Waals surface area contributed by atoms with Crippen molar-refractivity contribution in [3.63, 3.8) is 0 Å². The van der Waals surface area contributed by atoms with Crippen LogP contribution in [0.1, 0.15) is 36.0 Å². The average molecular weight is 757 g/mol. The first-order valence-corrected chi connectivity index (χ1v) is 18.6. The lowest BCUT2D eigenvalue weighted by molar-refractivity contribution is 0.0891. The Labute approximate surface area is 329 Å². The topological polar surface area (TPSA) is 124 Å². The molecule has 2 aliphatic rings. The molecule has 9 rings (SSSR count). The maximum Gasteiger partial charge on any atom is 0.130 e. The van der Waals surface area contributed by atoms with Gasteiger partial charge >= 0.3 is 0 Å². The van der Waals surface area contributed by atoms with Crippen LogP contribution in [0.5, 0.6) is 11.5 Å². The second-order valence-corrected chi connectivity index (χ2v) is 14.1. The van der Waals surface area contributed by atoms with Crippen LogP contribution >= 0.6 is 0 Å². The van der Waals surface area contributed by atoms with Gasteiger partial charge in [0.05, 0.1) is 38.8 Å². The fourth-order valence-electron chi connectivity index (χ4n) is 7.87. The van der Waals surface area contributed by atoms with Crippen molar-refractivity contribution in [2.24, 2.45) is 0 Å². The van der Waals surface area contributed by atoms with Crippen molar-refractivity contribution in [1.29, 1.82) is 0 Å². The van der Waals surface area contributed by atoms with E-state index in [1.54, 1.807) is 62.8 Å². The van der Waals surface area contributed by atoms with Gasteiger partial charge in [-0.1, -0.05) is 48.6 Å². The summed E-state index contributed by atoms with van der Waals surface area (Å²) < 4.78 is 22.9. The summed E-state index contributed by atoms with van der Waals surface area (Å²) in [6.45, 7) is 2.16. The predicted molar refractivity (Wildman–Crippen MR) is 219 cm³/mol. The van der Waals surface area contributed by atoms with Gasteiger partial charge in [0.25, 0.3) is 0 Å². The zero-order valence-electron chi connectivity index (χ0n) is 32.2. The van der Waals surface area contributed by atoms with Crippen molar-refractivity contribution in [2.45, 2.75) is 30.8 Å². The highest BCUT2D eigenvalue weighted by atomic mass is 16.5. The van der Waals surface area contributed by atoms with Crippen LogP contribution in [-0.2, 0) is 14.9 Å². The Balaban J connectivity index is 1.12. The van der Waals surface area contributed by atoms with Crippen molar-refractivity contribution < 1.29 is 18.9 Å². The SMILES string of the molecule is COC1=CC(OC)C(C)(c2ccc(C3C=CC(c4ccc(-c5ccc(OC)cc5OC)c5nn(-c6ccncc6)nc45)=CC3)c3nn(-c4ccncc4)nc23)C=C1. The lowest BCUT2D eigenvalue weighted by Gasteiger charge is -2.35. The Morgan fingerprint density at radius 3 is 1.93 bits per heavy atom. The Hall–Kier alpha value is -6.92. The third kappa shape index (κ3) is 6.24. The minimum absolute atomic E-state index is 0.0478. The smallest absolute Gasteiger partial charge is 0.130 e.